The lowest BCUT2D eigenvalue weighted by Crippen LogP contribution is -2.51. The number of hydrogen-bond acceptors (Lipinski definition) is 5. The quantitative estimate of drug-likeness (QED) is 0.603. The summed E-state index contributed by atoms with van der Waals surface area (Å²) in [5.41, 5.74) is 1.17. The molecule has 2 N–H and O–H groups in total. The van der Waals surface area contributed by atoms with Gasteiger partial charge >= 0.3 is 0 Å². The summed E-state index contributed by atoms with van der Waals surface area (Å²) in [6, 6.07) is 12.1. The van der Waals surface area contributed by atoms with Gasteiger partial charge in [-0.25, -0.2) is 0 Å². The molecule has 0 saturated heterocycles. The molecule has 0 fully saturated rings. The van der Waals surface area contributed by atoms with Crippen molar-refractivity contribution < 1.29 is 23.8 Å². The van der Waals surface area contributed by atoms with Crippen LogP contribution in [0.1, 0.15) is 50.5 Å². The molecule has 33 heavy (non-hydrogen) atoms. The van der Waals surface area contributed by atoms with E-state index in [0.717, 1.165) is 17.1 Å². The lowest BCUT2D eigenvalue weighted by molar-refractivity contribution is -0.124. The van der Waals surface area contributed by atoms with Crippen LogP contribution < -0.4 is 24.8 Å². The molecular formula is C26H34N2O5. The van der Waals surface area contributed by atoms with Crippen molar-refractivity contribution in [2.24, 2.45) is 5.92 Å². The molecule has 0 radical (unpaired) electrons. The maximum Gasteiger partial charge on any atom is 0.251 e. The highest BCUT2D eigenvalue weighted by molar-refractivity contribution is 5.97. The van der Waals surface area contributed by atoms with E-state index in [4.69, 9.17) is 14.2 Å². The van der Waals surface area contributed by atoms with Gasteiger partial charge in [0.15, 0.2) is 11.5 Å². The summed E-state index contributed by atoms with van der Waals surface area (Å²) in [5, 5.41) is 5.89. The largest absolute Gasteiger partial charge is 0.494 e. The first kappa shape index (κ1) is 24.4. The van der Waals surface area contributed by atoms with Crippen molar-refractivity contribution in [3.8, 4) is 17.2 Å². The minimum absolute atomic E-state index is 0.0750. The molecule has 0 saturated carbocycles. The van der Waals surface area contributed by atoms with Gasteiger partial charge < -0.3 is 24.8 Å². The van der Waals surface area contributed by atoms with Crippen LogP contribution in [-0.4, -0.2) is 44.2 Å². The molecule has 1 atom stereocenters. The highest BCUT2D eigenvalue weighted by atomic mass is 16.6. The maximum atomic E-state index is 13.0. The van der Waals surface area contributed by atoms with E-state index < -0.39 is 6.04 Å². The molecule has 7 nitrogen and oxygen atoms in total. The van der Waals surface area contributed by atoms with E-state index >= 15 is 0 Å². The summed E-state index contributed by atoms with van der Waals surface area (Å²) >= 11 is 0. The zero-order valence-electron chi connectivity index (χ0n) is 20.1. The minimum Gasteiger partial charge on any atom is -0.494 e. The van der Waals surface area contributed by atoms with E-state index in [2.05, 4.69) is 24.5 Å². The third-order valence-corrected chi connectivity index (χ3v) is 5.69. The summed E-state index contributed by atoms with van der Waals surface area (Å²) in [6.07, 6.45) is 0. The van der Waals surface area contributed by atoms with Crippen molar-refractivity contribution in [2.75, 3.05) is 26.4 Å². The Bertz CT molecular complexity index is 969. The summed E-state index contributed by atoms with van der Waals surface area (Å²) in [6.45, 7) is 11.9. The molecule has 1 unspecified atom stereocenters. The lowest BCUT2D eigenvalue weighted by atomic mass is 9.84. The van der Waals surface area contributed by atoms with E-state index in [9.17, 15) is 9.59 Å². The predicted octanol–water partition coefficient (Wildman–Crippen LogP) is 3.70. The zero-order valence-corrected chi connectivity index (χ0v) is 20.1. The second-order valence-corrected chi connectivity index (χ2v) is 9.11. The Labute approximate surface area is 195 Å². The zero-order chi connectivity index (χ0) is 24.0. The van der Waals surface area contributed by atoms with Gasteiger partial charge in [0.2, 0.25) is 5.91 Å². The summed E-state index contributed by atoms with van der Waals surface area (Å²) in [7, 11) is 0. The highest BCUT2D eigenvalue weighted by Gasteiger charge is 2.28. The van der Waals surface area contributed by atoms with E-state index in [1.165, 1.54) is 0 Å². The fourth-order valence-corrected chi connectivity index (χ4v) is 3.61. The first-order chi connectivity index (χ1) is 15.7. The summed E-state index contributed by atoms with van der Waals surface area (Å²) < 4.78 is 16.7. The fraction of sp³-hybridized carbons (Fsp3) is 0.462. The number of benzene rings is 2. The average Bonchev–Trinajstić information content (AvgIpc) is 2.81. The molecule has 7 heteroatoms. The van der Waals surface area contributed by atoms with Gasteiger partial charge in [-0.3, -0.25) is 9.59 Å². The average molecular weight is 455 g/mol. The molecule has 2 amide bonds. The van der Waals surface area contributed by atoms with Gasteiger partial charge in [-0.1, -0.05) is 33.8 Å². The highest BCUT2D eigenvalue weighted by Crippen LogP contribution is 2.35. The molecule has 0 aliphatic carbocycles. The standard InChI is InChI=1S/C26H34N2O5/c1-6-31-20-10-7-18(8-11-20)24(29)28-23(17(2)3)25(30)27-16-26(4,5)19-9-12-21-22(15-19)33-14-13-32-21/h7-12,15,17,23H,6,13-14,16H2,1-5H3,(H,27,30)(H,28,29). The van der Waals surface area contributed by atoms with Crippen molar-refractivity contribution >= 4 is 11.8 Å². The third-order valence-electron chi connectivity index (χ3n) is 5.69. The number of hydrogen-bond donors (Lipinski definition) is 2. The molecule has 0 spiro atoms. The Kier molecular flexibility index (Phi) is 7.84. The minimum atomic E-state index is -0.653. The number of carbonyl (C=O) groups is 2. The number of rotatable bonds is 9. The molecule has 2 aromatic rings. The number of amides is 2. The van der Waals surface area contributed by atoms with E-state index in [0.29, 0.717) is 37.7 Å². The van der Waals surface area contributed by atoms with E-state index in [-0.39, 0.29) is 23.1 Å². The van der Waals surface area contributed by atoms with Crippen LogP contribution in [0, 0.1) is 5.92 Å². The van der Waals surface area contributed by atoms with Crippen LogP contribution in [0.15, 0.2) is 42.5 Å². The topological polar surface area (TPSA) is 85.9 Å². The second-order valence-electron chi connectivity index (χ2n) is 9.11. The Balaban J connectivity index is 1.63. The molecule has 0 aromatic heterocycles. The first-order valence-electron chi connectivity index (χ1n) is 11.4. The maximum absolute atomic E-state index is 13.0. The number of nitrogens with one attached hydrogen (secondary N) is 2. The van der Waals surface area contributed by atoms with Crippen LogP contribution in [-0.2, 0) is 10.2 Å². The van der Waals surface area contributed by atoms with Crippen LogP contribution >= 0.6 is 0 Å². The molecular weight excluding hydrogens is 420 g/mol. The Morgan fingerprint density at radius 3 is 2.33 bits per heavy atom. The lowest BCUT2D eigenvalue weighted by Gasteiger charge is -2.29. The van der Waals surface area contributed by atoms with Crippen LogP contribution in [0.4, 0.5) is 0 Å². The second kappa shape index (κ2) is 10.6. The van der Waals surface area contributed by atoms with Gasteiger partial charge in [-0.2, -0.15) is 0 Å². The molecule has 0 bridgehead atoms. The number of ether oxygens (including phenoxy) is 3. The Hall–Kier alpha value is -3.22. The van der Waals surface area contributed by atoms with Gasteiger partial charge in [0, 0.05) is 17.5 Å². The van der Waals surface area contributed by atoms with Crippen LogP contribution in [0.5, 0.6) is 17.2 Å². The molecule has 1 aliphatic heterocycles. The van der Waals surface area contributed by atoms with Crippen molar-refractivity contribution in [1.82, 2.24) is 10.6 Å². The van der Waals surface area contributed by atoms with Gasteiger partial charge in [-0.05, 0) is 54.8 Å². The van der Waals surface area contributed by atoms with Crippen LogP contribution in [0.2, 0.25) is 0 Å². The molecule has 2 aromatic carbocycles. The smallest absolute Gasteiger partial charge is 0.251 e. The van der Waals surface area contributed by atoms with Crippen molar-refractivity contribution in [2.45, 2.75) is 46.1 Å². The van der Waals surface area contributed by atoms with Gasteiger partial charge in [0.05, 0.1) is 6.61 Å². The molecule has 1 aliphatic rings. The molecule has 3 rings (SSSR count). The molecule has 178 valence electrons. The Morgan fingerprint density at radius 1 is 1.03 bits per heavy atom. The SMILES string of the molecule is CCOc1ccc(C(=O)NC(C(=O)NCC(C)(C)c2ccc3c(c2)OCCO3)C(C)C)cc1. The van der Waals surface area contributed by atoms with Crippen molar-refractivity contribution in [3.63, 3.8) is 0 Å². The van der Waals surface area contributed by atoms with E-state index in [1.807, 2.05) is 39.0 Å². The van der Waals surface area contributed by atoms with Crippen molar-refractivity contribution in [3.05, 3.63) is 53.6 Å². The molecule has 1 heterocycles. The number of fused-ring (bicyclic) bond motifs is 1. The van der Waals surface area contributed by atoms with Gasteiger partial charge in [0.25, 0.3) is 5.91 Å². The third kappa shape index (κ3) is 6.18. The Morgan fingerprint density at radius 2 is 1.70 bits per heavy atom. The van der Waals surface area contributed by atoms with Crippen LogP contribution in [0.3, 0.4) is 0 Å². The van der Waals surface area contributed by atoms with Crippen LogP contribution in [0.25, 0.3) is 0 Å². The summed E-state index contributed by atoms with van der Waals surface area (Å²) in [5.74, 6) is 1.58. The van der Waals surface area contributed by atoms with Gasteiger partial charge in [-0.15, -0.1) is 0 Å². The predicted molar refractivity (Wildman–Crippen MR) is 127 cm³/mol. The normalized spacial score (nSPS) is 13.9. The number of carbonyl (C=O) groups excluding carboxylic acids is 2. The first-order valence-corrected chi connectivity index (χ1v) is 11.4. The van der Waals surface area contributed by atoms with E-state index in [1.54, 1.807) is 24.3 Å². The van der Waals surface area contributed by atoms with Crippen molar-refractivity contribution in [1.29, 1.82) is 0 Å². The monoisotopic (exact) mass is 454 g/mol. The van der Waals surface area contributed by atoms with Gasteiger partial charge in [0.1, 0.15) is 25.0 Å². The summed E-state index contributed by atoms with van der Waals surface area (Å²) in [4.78, 5) is 25.7. The fourth-order valence-electron chi connectivity index (χ4n) is 3.61.